The summed E-state index contributed by atoms with van der Waals surface area (Å²) in [5.74, 6) is -3.63. The molecule has 0 aromatic heterocycles. The lowest BCUT2D eigenvalue weighted by molar-refractivity contribution is -0.150. The van der Waals surface area contributed by atoms with Gasteiger partial charge in [0, 0.05) is 7.05 Å². The number of anilines is 1. The van der Waals surface area contributed by atoms with Crippen molar-refractivity contribution in [3.8, 4) is 0 Å². The standard InChI is InChI=1S/C14H18FNO3/c1-14(2,3)11(13(18)19)12(17)16(4)10-8-6-5-7-9(10)15/h5-8,11H,1-4H3,(H,18,19). The lowest BCUT2D eigenvalue weighted by atomic mass is 9.80. The molecule has 1 N–H and O–H groups in total. The van der Waals surface area contributed by atoms with Crippen LogP contribution in [0.25, 0.3) is 0 Å². The van der Waals surface area contributed by atoms with Gasteiger partial charge in [0.2, 0.25) is 5.91 Å². The summed E-state index contributed by atoms with van der Waals surface area (Å²) in [5.41, 5.74) is -0.675. The normalized spacial score (nSPS) is 12.9. The van der Waals surface area contributed by atoms with Gasteiger partial charge in [-0.05, 0) is 17.5 Å². The minimum Gasteiger partial charge on any atom is -0.481 e. The predicted octanol–water partition coefficient (Wildman–Crippen LogP) is 2.54. The smallest absolute Gasteiger partial charge is 0.316 e. The highest BCUT2D eigenvalue weighted by atomic mass is 19.1. The Morgan fingerprint density at radius 1 is 1.26 bits per heavy atom. The fraction of sp³-hybridized carbons (Fsp3) is 0.429. The number of carboxylic acid groups (broad SMARTS) is 1. The molecular weight excluding hydrogens is 249 g/mol. The third-order valence-corrected chi connectivity index (χ3v) is 2.90. The first-order valence-corrected chi connectivity index (χ1v) is 5.91. The Labute approximate surface area is 111 Å². The summed E-state index contributed by atoms with van der Waals surface area (Å²) in [4.78, 5) is 24.6. The molecule has 0 bridgehead atoms. The van der Waals surface area contributed by atoms with Crippen LogP contribution in [0, 0.1) is 17.2 Å². The molecule has 0 aliphatic carbocycles. The highest BCUT2D eigenvalue weighted by Gasteiger charge is 2.40. The van der Waals surface area contributed by atoms with Crippen LogP contribution < -0.4 is 4.90 Å². The number of carbonyl (C=O) groups excluding carboxylic acids is 1. The maximum Gasteiger partial charge on any atom is 0.316 e. The lowest BCUT2D eigenvalue weighted by Crippen LogP contribution is -2.44. The SMILES string of the molecule is CN(C(=O)C(C(=O)O)C(C)(C)C)c1ccccc1F. The topological polar surface area (TPSA) is 57.6 Å². The van der Waals surface area contributed by atoms with E-state index in [0.717, 1.165) is 4.90 Å². The Morgan fingerprint density at radius 3 is 2.21 bits per heavy atom. The van der Waals surface area contributed by atoms with Gasteiger partial charge in [0.05, 0.1) is 5.69 Å². The number of rotatable bonds is 3. The van der Waals surface area contributed by atoms with Gasteiger partial charge in [-0.1, -0.05) is 32.9 Å². The number of aliphatic carboxylic acids is 1. The molecule has 1 aromatic rings. The highest BCUT2D eigenvalue weighted by molar-refractivity contribution is 6.06. The van der Waals surface area contributed by atoms with E-state index in [4.69, 9.17) is 0 Å². The first-order valence-electron chi connectivity index (χ1n) is 5.91. The number of nitrogens with zero attached hydrogens (tertiary/aromatic N) is 1. The van der Waals surface area contributed by atoms with Crippen molar-refractivity contribution in [2.24, 2.45) is 11.3 Å². The molecule has 1 amide bonds. The second-order valence-electron chi connectivity index (χ2n) is 5.49. The minimum absolute atomic E-state index is 0.0722. The van der Waals surface area contributed by atoms with Crippen LogP contribution >= 0.6 is 0 Å². The van der Waals surface area contributed by atoms with Crippen LogP contribution in [0.3, 0.4) is 0 Å². The van der Waals surface area contributed by atoms with E-state index in [1.54, 1.807) is 26.8 Å². The van der Waals surface area contributed by atoms with Crippen LogP contribution in [0.2, 0.25) is 0 Å². The Kier molecular flexibility index (Phi) is 4.29. The van der Waals surface area contributed by atoms with E-state index in [0.29, 0.717) is 0 Å². The van der Waals surface area contributed by atoms with Gasteiger partial charge in [0.25, 0.3) is 0 Å². The molecule has 1 atom stereocenters. The van der Waals surface area contributed by atoms with Crippen molar-refractivity contribution in [3.05, 3.63) is 30.1 Å². The molecule has 0 fully saturated rings. The van der Waals surface area contributed by atoms with Gasteiger partial charge in [-0.25, -0.2) is 4.39 Å². The quantitative estimate of drug-likeness (QED) is 0.856. The number of hydrogen-bond acceptors (Lipinski definition) is 2. The monoisotopic (exact) mass is 267 g/mol. The Balaban J connectivity index is 3.12. The van der Waals surface area contributed by atoms with Gasteiger partial charge in [0.1, 0.15) is 11.7 Å². The molecule has 0 aliphatic rings. The van der Waals surface area contributed by atoms with Crippen LogP contribution in [0.15, 0.2) is 24.3 Å². The summed E-state index contributed by atoms with van der Waals surface area (Å²) in [6, 6.07) is 5.77. The van der Waals surface area contributed by atoms with E-state index < -0.39 is 29.0 Å². The van der Waals surface area contributed by atoms with Crippen molar-refractivity contribution >= 4 is 17.6 Å². The minimum atomic E-state index is -1.22. The molecule has 1 unspecified atom stereocenters. The molecule has 104 valence electrons. The molecular formula is C14H18FNO3. The number of para-hydroxylation sites is 1. The molecule has 5 heteroatoms. The predicted molar refractivity (Wildman–Crippen MR) is 70.4 cm³/mol. The Morgan fingerprint density at radius 2 is 1.79 bits per heavy atom. The molecule has 0 radical (unpaired) electrons. The number of carboxylic acids is 1. The van der Waals surface area contributed by atoms with Crippen molar-refractivity contribution in [3.63, 3.8) is 0 Å². The molecule has 4 nitrogen and oxygen atoms in total. The largest absolute Gasteiger partial charge is 0.481 e. The van der Waals surface area contributed by atoms with Crippen molar-refractivity contribution < 1.29 is 19.1 Å². The van der Waals surface area contributed by atoms with E-state index in [-0.39, 0.29) is 5.69 Å². The van der Waals surface area contributed by atoms with Crippen LogP contribution in [-0.2, 0) is 9.59 Å². The zero-order valence-corrected chi connectivity index (χ0v) is 11.5. The zero-order valence-electron chi connectivity index (χ0n) is 11.5. The zero-order chi connectivity index (χ0) is 14.8. The number of amides is 1. The van der Waals surface area contributed by atoms with Gasteiger partial charge < -0.3 is 10.0 Å². The maximum atomic E-state index is 13.6. The van der Waals surface area contributed by atoms with E-state index >= 15 is 0 Å². The van der Waals surface area contributed by atoms with Crippen LogP contribution in [0.4, 0.5) is 10.1 Å². The number of benzene rings is 1. The summed E-state index contributed by atoms with van der Waals surface area (Å²) < 4.78 is 13.6. The molecule has 0 saturated heterocycles. The molecule has 1 rings (SSSR count). The van der Waals surface area contributed by atoms with Gasteiger partial charge >= 0.3 is 5.97 Å². The van der Waals surface area contributed by atoms with Crippen molar-refractivity contribution in [2.75, 3.05) is 11.9 Å². The van der Waals surface area contributed by atoms with E-state index in [2.05, 4.69) is 0 Å². The van der Waals surface area contributed by atoms with Crippen molar-refractivity contribution in [2.45, 2.75) is 20.8 Å². The highest BCUT2D eigenvalue weighted by Crippen LogP contribution is 2.29. The number of hydrogen-bond donors (Lipinski definition) is 1. The van der Waals surface area contributed by atoms with Crippen molar-refractivity contribution in [1.29, 1.82) is 0 Å². The average molecular weight is 267 g/mol. The van der Waals surface area contributed by atoms with E-state index in [1.807, 2.05) is 0 Å². The van der Waals surface area contributed by atoms with Gasteiger partial charge in [-0.3, -0.25) is 9.59 Å². The molecule has 19 heavy (non-hydrogen) atoms. The third-order valence-electron chi connectivity index (χ3n) is 2.90. The van der Waals surface area contributed by atoms with E-state index in [1.165, 1.54) is 25.2 Å². The molecule has 0 heterocycles. The first kappa shape index (κ1) is 15.1. The van der Waals surface area contributed by atoms with Gasteiger partial charge in [-0.15, -0.1) is 0 Å². The molecule has 0 aliphatic heterocycles. The summed E-state index contributed by atoms with van der Waals surface area (Å²) in [7, 11) is 1.38. The summed E-state index contributed by atoms with van der Waals surface area (Å²) in [6.07, 6.45) is 0. The van der Waals surface area contributed by atoms with Crippen LogP contribution in [0.1, 0.15) is 20.8 Å². The fourth-order valence-electron chi connectivity index (χ4n) is 1.88. The average Bonchev–Trinajstić information content (AvgIpc) is 2.26. The summed E-state index contributed by atoms with van der Waals surface area (Å²) in [5, 5.41) is 9.20. The maximum absolute atomic E-state index is 13.6. The lowest BCUT2D eigenvalue weighted by Gasteiger charge is -2.30. The first-order chi connectivity index (χ1) is 8.66. The third kappa shape index (κ3) is 3.30. The van der Waals surface area contributed by atoms with E-state index in [9.17, 15) is 19.1 Å². The molecule has 0 spiro atoms. The second-order valence-corrected chi connectivity index (χ2v) is 5.49. The van der Waals surface area contributed by atoms with Crippen molar-refractivity contribution in [1.82, 2.24) is 0 Å². The number of halogens is 1. The number of carbonyl (C=O) groups is 2. The fourth-order valence-corrected chi connectivity index (χ4v) is 1.88. The Bertz CT molecular complexity index is 494. The van der Waals surface area contributed by atoms with Gasteiger partial charge in [-0.2, -0.15) is 0 Å². The van der Waals surface area contributed by atoms with Crippen LogP contribution in [0.5, 0.6) is 0 Å². The molecule has 1 aromatic carbocycles. The molecule has 0 saturated carbocycles. The summed E-state index contributed by atoms with van der Waals surface area (Å²) >= 11 is 0. The second kappa shape index (κ2) is 5.38. The van der Waals surface area contributed by atoms with Crippen LogP contribution in [-0.4, -0.2) is 24.0 Å². The Hall–Kier alpha value is -1.91. The van der Waals surface area contributed by atoms with Gasteiger partial charge in [0.15, 0.2) is 0 Å². The summed E-state index contributed by atoms with van der Waals surface area (Å²) in [6.45, 7) is 5.00.